The van der Waals surface area contributed by atoms with Crippen molar-refractivity contribution in [3.63, 3.8) is 0 Å². The van der Waals surface area contributed by atoms with Crippen molar-refractivity contribution in [3.05, 3.63) is 71.7 Å². The van der Waals surface area contributed by atoms with Crippen molar-refractivity contribution in [2.24, 2.45) is 4.99 Å². The van der Waals surface area contributed by atoms with E-state index in [9.17, 15) is 12.8 Å². The molecule has 1 saturated heterocycles. The number of aliphatic imine (C=N–C) groups is 1. The van der Waals surface area contributed by atoms with Gasteiger partial charge in [0.2, 0.25) is 5.96 Å². The maximum atomic E-state index is 14.1. The van der Waals surface area contributed by atoms with Crippen LogP contribution in [0, 0.1) is 5.82 Å². The maximum Gasteiger partial charge on any atom is 0.285 e. The van der Waals surface area contributed by atoms with Gasteiger partial charge in [-0.15, -0.1) is 4.28 Å². The summed E-state index contributed by atoms with van der Waals surface area (Å²) in [5, 5.41) is 4.12. The van der Waals surface area contributed by atoms with E-state index in [4.69, 9.17) is 13.5 Å². The lowest BCUT2D eigenvalue weighted by Gasteiger charge is -2.29. The third-order valence-corrected chi connectivity index (χ3v) is 5.75. The molecule has 1 aliphatic heterocycles. The first-order valence-electron chi connectivity index (χ1n) is 10.7. The van der Waals surface area contributed by atoms with Gasteiger partial charge >= 0.3 is 0 Å². The highest BCUT2D eigenvalue weighted by Crippen LogP contribution is 2.29. The Morgan fingerprint density at radius 1 is 1.18 bits per heavy atom. The highest BCUT2D eigenvalue weighted by Gasteiger charge is 2.20. The van der Waals surface area contributed by atoms with Gasteiger partial charge in [0.25, 0.3) is 16.0 Å². The molecule has 34 heavy (non-hydrogen) atoms. The summed E-state index contributed by atoms with van der Waals surface area (Å²) in [4.78, 5) is 6.15. The van der Waals surface area contributed by atoms with Gasteiger partial charge in [0.05, 0.1) is 25.2 Å². The predicted octanol–water partition coefficient (Wildman–Crippen LogP) is 3.43. The molecule has 1 aromatic heterocycles. The van der Waals surface area contributed by atoms with E-state index in [1.807, 2.05) is 31.2 Å². The molecular formula is C23H25FN4O5S. The number of halogens is 1. The van der Waals surface area contributed by atoms with Crippen LogP contribution in [-0.2, 0) is 19.1 Å². The lowest BCUT2D eigenvalue weighted by atomic mass is 9.95. The van der Waals surface area contributed by atoms with Crippen molar-refractivity contribution in [2.75, 3.05) is 32.6 Å². The number of hydroxylamine groups is 1. The lowest BCUT2D eigenvalue weighted by Crippen LogP contribution is -2.47. The van der Waals surface area contributed by atoms with Crippen LogP contribution in [0.1, 0.15) is 24.1 Å². The Bertz CT molecular complexity index is 1250. The second-order valence-electron chi connectivity index (χ2n) is 7.84. The summed E-state index contributed by atoms with van der Waals surface area (Å²) in [5.74, 6) is -0.0180. The van der Waals surface area contributed by atoms with Crippen molar-refractivity contribution in [1.82, 2.24) is 15.5 Å². The third kappa shape index (κ3) is 5.99. The summed E-state index contributed by atoms with van der Waals surface area (Å²) in [6, 6.07) is 15.9. The van der Waals surface area contributed by atoms with E-state index in [1.165, 1.54) is 6.07 Å². The highest BCUT2D eigenvalue weighted by atomic mass is 32.2. The molecule has 180 valence electrons. The van der Waals surface area contributed by atoms with Gasteiger partial charge in [0, 0.05) is 30.6 Å². The summed E-state index contributed by atoms with van der Waals surface area (Å²) >= 11 is 0. The standard InChI is InChI=1S/C23H25FN4O5S/c1-16(17-7-9-18(10-8-17)19-5-3-4-6-20(19)24)21-15-22(32-26-21)25-23(27-33-34(2,29)30)28-11-13-31-14-12-28/h3-10,15-16H,11-14H2,1-2H3,(H,25,27). The van der Waals surface area contributed by atoms with E-state index < -0.39 is 10.1 Å². The van der Waals surface area contributed by atoms with Crippen molar-refractivity contribution in [2.45, 2.75) is 12.8 Å². The van der Waals surface area contributed by atoms with Crippen LogP contribution in [0.5, 0.6) is 0 Å². The fourth-order valence-electron chi connectivity index (χ4n) is 3.50. The van der Waals surface area contributed by atoms with E-state index in [1.54, 1.807) is 29.2 Å². The van der Waals surface area contributed by atoms with Gasteiger partial charge < -0.3 is 14.2 Å². The van der Waals surface area contributed by atoms with Crippen LogP contribution in [0.2, 0.25) is 0 Å². The molecule has 0 amide bonds. The smallest absolute Gasteiger partial charge is 0.285 e. The fraction of sp³-hybridized carbons (Fsp3) is 0.304. The van der Waals surface area contributed by atoms with Crippen molar-refractivity contribution >= 4 is 22.0 Å². The first-order chi connectivity index (χ1) is 16.3. The van der Waals surface area contributed by atoms with E-state index >= 15 is 0 Å². The lowest BCUT2D eigenvalue weighted by molar-refractivity contribution is 0.0628. The minimum Gasteiger partial charge on any atom is -0.378 e. The molecule has 1 atom stereocenters. The van der Waals surface area contributed by atoms with Crippen LogP contribution in [0.4, 0.5) is 10.3 Å². The maximum absolute atomic E-state index is 14.1. The Balaban J connectivity index is 1.52. The zero-order valence-corrected chi connectivity index (χ0v) is 19.6. The predicted molar refractivity (Wildman–Crippen MR) is 124 cm³/mol. The summed E-state index contributed by atoms with van der Waals surface area (Å²) < 4.78 is 52.3. The molecule has 0 aliphatic carbocycles. The number of hydrogen-bond acceptors (Lipinski definition) is 7. The number of aromatic nitrogens is 1. The van der Waals surface area contributed by atoms with E-state index in [-0.39, 0.29) is 23.6 Å². The van der Waals surface area contributed by atoms with Gasteiger partial charge in [-0.05, 0) is 17.2 Å². The fourth-order valence-corrected chi connectivity index (χ4v) is 3.73. The molecule has 3 aromatic rings. The summed E-state index contributed by atoms with van der Waals surface area (Å²) in [6.45, 7) is 3.93. The number of benzene rings is 2. The zero-order valence-electron chi connectivity index (χ0n) is 18.8. The molecule has 1 unspecified atom stereocenters. The topological polar surface area (TPSA) is 106 Å². The number of ether oxygens (including phenoxy) is 1. The Hall–Kier alpha value is -3.28. The SMILES string of the molecule is CC(c1ccc(-c2ccccc2F)cc1)c1cc(N=C(NOS(C)(=O)=O)N2CCOCC2)on1. The average molecular weight is 489 g/mol. The van der Waals surface area contributed by atoms with Gasteiger partial charge in [-0.1, -0.05) is 54.5 Å². The van der Waals surface area contributed by atoms with Crippen LogP contribution >= 0.6 is 0 Å². The van der Waals surface area contributed by atoms with Gasteiger partial charge in [0.1, 0.15) is 5.82 Å². The van der Waals surface area contributed by atoms with Crippen molar-refractivity contribution < 1.29 is 26.4 Å². The van der Waals surface area contributed by atoms with E-state index in [0.717, 1.165) is 17.4 Å². The molecule has 2 aromatic carbocycles. The van der Waals surface area contributed by atoms with Crippen molar-refractivity contribution in [3.8, 4) is 11.1 Å². The summed E-state index contributed by atoms with van der Waals surface area (Å²) in [5.41, 5.74) is 5.32. The molecule has 0 bridgehead atoms. The Morgan fingerprint density at radius 2 is 1.88 bits per heavy atom. The molecule has 4 rings (SSSR count). The second kappa shape index (κ2) is 10.3. The van der Waals surface area contributed by atoms with Crippen LogP contribution in [-0.4, -0.2) is 57.0 Å². The molecular weight excluding hydrogens is 463 g/mol. The third-order valence-electron chi connectivity index (χ3n) is 5.37. The average Bonchev–Trinajstić information content (AvgIpc) is 3.30. The van der Waals surface area contributed by atoms with Crippen LogP contribution < -0.4 is 5.48 Å². The first kappa shape index (κ1) is 23.9. The Morgan fingerprint density at radius 3 is 2.56 bits per heavy atom. The van der Waals surface area contributed by atoms with Gasteiger partial charge in [-0.2, -0.15) is 13.4 Å². The molecule has 0 saturated carbocycles. The minimum atomic E-state index is -3.74. The van der Waals surface area contributed by atoms with E-state index in [2.05, 4.69) is 15.6 Å². The molecule has 2 heterocycles. The molecule has 1 aliphatic rings. The molecule has 1 N–H and O–H groups in total. The zero-order chi connectivity index (χ0) is 24.1. The number of guanidine groups is 1. The van der Waals surface area contributed by atoms with E-state index in [0.29, 0.717) is 37.6 Å². The van der Waals surface area contributed by atoms with Crippen LogP contribution in [0.25, 0.3) is 11.1 Å². The summed E-state index contributed by atoms with van der Waals surface area (Å²) in [7, 11) is -3.74. The van der Waals surface area contributed by atoms with Crippen LogP contribution in [0.15, 0.2) is 64.1 Å². The van der Waals surface area contributed by atoms with Gasteiger partial charge in [-0.3, -0.25) is 0 Å². The highest BCUT2D eigenvalue weighted by molar-refractivity contribution is 7.85. The minimum absolute atomic E-state index is 0.116. The van der Waals surface area contributed by atoms with Crippen LogP contribution in [0.3, 0.4) is 0 Å². The largest absolute Gasteiger partial charge is 0.378 e. The van der Waals surface area contributed by atoms with Gasteiger partial charge in [0.15, 0.2) is 0 Å². The second-order valence-corrected chi connectivity index (χ2v) is 9.41. The number of morpholine rings is 1. The Kier molecular flexibility index (Phi) is 7.25. The normalized spacial score (nSPS) is 15.9. The number of rotatable bonds is 6. The summed E-state index contributed by atoms with van der Waals surface area (Å²) in [6.07, 6.45) is 0.933. The number of nitrogens with one attached hydrogen (secondary N) is 1. The number of hydrogen-bond donors (Lipinski definition) is 1. The molecule has 0 radical (unpaired) electrons. The molecule has 0 spiro atoms. The monoisotopic (exact) mass is 488 g/mol. The Labute approximate surface area is 197 Å². The molecule has 1 fully saturated rings. The quantitative estimate of drug-likeness (QED) is 0.320. The molecule has 11 heteroatoms. The van der Waals surface area contributed by atoms with Gasteiger partial charge in [-0.25, -0.2) is 9.87 Å². The first-order valence-corrected chi connectivity index (χ1v) is 12.5. The number of nitrogens with zero attached hydrogens (tertiary/aromatic N) is 3. The van der Waals surface area contributed by atoms with Crippen molar-refractivity contribution in [1.29, 1.82) is 0 Å². The molecule has 9 nitrogen and oxygen atoms in total.